The third-order valence-electron chi connectivity index (χ3n) is 7.14. The minimum absolute atomic E-state index is 0. The van der Waals surface area contributed by atoms with E-state index in [0.717, 1.165) is 33.4 Å². The molecule has 0 spiro atoms. The van der Waals surface area contributed by atoms with E-state index in [0.29, 0.717) is 16.7 Å². The molecule has 0 radical (unpaired) electrons. The Bertz CT molecular complexity index is 1780. The number of aryl methyl sites for hydroxylation is 1. The van der Waals surface area contributed by atoms with Crippen LogP contribution in [-0.4, -0.2) is 33.6 Å². The fourth-order valence-electron chi connectivity index (χ4n) is 4.86. The summed E-state index contributed by atoms with van der Waals surface area (Å²) in [6.07, 6.45) is 10.5. The van der Waals surface area contributed by atoms with Crippen LogP contribution in [0.4, 0.5) is 15.8 Å². The summed E-state index contributed by atoms with van der Waals surface area (Å²) in [5, 5.41) is 2.58. The Morgan fingerprint density at radius 2 is 1.09 bits per heavy atom. The summed E-state index contributed by atoms with van der Waals surface area (Å²) in [6, 6.07) is 7.53. The summed E-state index contributed by atoms with van der Waals surface area (Å²) in [7, 11) is 0. The lowest BCUT2D eigenvalue weighted by Crippen LogP contribution is -2.20. The van der Waals surface area contributed by atoms with E-state index in [-0.39, 0.29) is 29.9 Å². The van der Waals surface area contributed by atoms with Crippen LogP contribution in [0.15, 0.2) is 61.6 Å². The zero-order valence-corrected chi connectivity index (χ0v) is 26.9. The lowest BCUT2D eigenvalue weighted by Gasteiger charge is -2.21. The van der Waals surface area contributed by atoms with Gasteiger partial charge in [-0.25, -0.2) is 24.3 Å². The van der Waals surface area contributed by atoms with E-state index in [1.165, 1.54) is 6.20 Å². The lowest BCUT2D eigenvalue weighted by molar-refractivity contribution is 0.404. The molecule has 0 aliphatic rings. The van der Waals surface area contributed by atoms with Gasteiger partial charge in [-0.1, -0.05) is 7.43 Å². The first kappa shape index (κ1) is 34.0. The molecule has 0 amide bonds. The summed E-state index contributed by atoms with van der Waals surface area (Å²) in [6.45, 7) is 21.0. The van der Waals surface area contributed by atoms with E-state index in [4.69, 9.17) is 11.5 Å². The number of aromatic nitrogens is 7. The minimum Gasteiger partial charge on any atom is -0.398 e. The van der Waals surface area contributed by atoms with Crippen molar-refractivity contribution >= 4 is 44.5 Å². The number of halogens is 1. The number of nitrogens with two attached hydrogens (primary N) is 2. The molecule has 6 aromatic rings. The van der Waals surface area contributed by atoms with Crippen LogP contribution in [0.2, 0.25) is 0 Å². The van der Waals surface area contributed by atoms with Gasteiger partial charge in [0.2, 0.25) is 0 Å². The SMILES string of the molecule is C.CC(C)(C)n1cc(F)c2c(N)ccnc21.CC(C)(C)n1ccc2c(N)ccnc21.Cc1ncnc2c1ccn2C(C)(C)C. The predicted molar refractivity (Wildman–Crippen MR) is 182 cm³/mol. The highest BCUT2D eigenvalue weighted by atomic mass is 19.1. The highest BCUT2D eigenvalue weighted by molar-refractivity contribution is 5.89. The van der Waals surface area contributed by atoms with Crippen LogP contribution in [0.1, 0.15) is 75.4 Å². The average molecular weight is 602 g/mol. The van der Waals surface area contributed by atoms with Gasteiger partial charge >= 0.3 is 0 Å². The highest BCUT2D eigenvalue weighted by Crippen LogP contribution is 2.29. The zero-order valence-electron chi connectivity index (χ0n) is 26.9. The van der Waals surface area contributed by atoms with E-state index in [9.17, 15) is 4.39 Å². The third kappa shape index (κ3) is 6.85. The standard InChI is InChI=1S/C11H14FN3.2C11H15N3.CH4/c1-11(2,3)15-6-7(12)9-8(13)4-5-14-10(9)15;1-8-9-5-6-14(11(2,3)4)10(9)13-7-12-8;1-11(2,3)14-7-5-8-9(12)4-6-13-10(8)14;/h4-6H,1-3H3,(H2,13,14);5-7H,1-4H3;4-7H,1-3H3,(H2,12,13);1H4. The molecule has 44 heavy (non-hydrogen) atoms. The quantitative estimate of drug-likeness (QED) is 0.182. The molecule has 0 unspecified atom stereocenters. The fraction of sp³-hybridized carbons (Fsp3) is 0.412. The molecule has 0 bridgehead atoms. The Balaban J connectivity index is 0.000000178. The van der Waals surface area contributed by atoms with Gasteiger partial charge in [0.05, 0.1) is 11.1 Å². The molecule has 6 rings (SSSR count). The number of hydrogen-bond donors (Lipinski definition) is 2. The normalized spacial score (nSPS) is 12.0. The maximum Gasteiger partial charge on any atom is 0.152 e. The van der Waals surface area contributed by atoms with Crippen LogP contribution >= 0.6 is 0 Å². The van der Waals surface area contributed by atoms with Crippen molar-refractivity contribution in [2.75, 3.05) is 11.5 Å². The molecular formula is C34H48FN9. The molecule has 0 aliphatic heterocycles. The number of pyridine rings is 2. The first-order valence-corrected chi connectivity index (χ1v) is 14.3. The minimum atomic E-state index is -0.314. The average Bonchev–Trinajstić information content (AvgIpc) is 3.61. The largest absolute Gasteiger partial charge is 0.398 e. The zero-order chi connectivity index (χ0) is 31.9. The van der Waals surface area contributed by atoms with Crippen molar-refractivity contribution in [3.8, 4) is 0 Å². The molecule has 0 aliphatic carbocycles. The number of nitrogen functional groups attached to an aromatic ring is 2. The maximum absolute atomic E-state index is 13.7. The molecule has 0 atom stereocenters. The van der Waals surface area contributed by atoms with Crippen molar-refractivity contribution in [2.24, 2.45) is 0 Å². The van der Waals surface area contributed by atoms with Crippen LogP contribution < -0.4 is 11.5 Å². The van der Waals surface area contributed by atoms with Crippen LogP contribution in [0.5, 0.6) is 0 Å². The van der Waals surface area contributed by atoms with Gasteiger partial charge in [0.15, 0.2) is 5.82 Å². The Morgan fingerprint density at radius 3 is 1.64 bits per heavy atom. The summed E-state index contributed by atoms with van der Waals surface area (Å²) >= 11 is 0. The molecule has 0 fully saturated rings. The van der Waals surface area contributed by atoms with Crippen LogP contribution in [0.3, 0.4) is 0 Å². The second-order valence-electron chi connectivity index (χ2n) is 13.7. The van der Waals surface area contributed by atoms with Crippen molar-refractivity contribution in [1.82, 2.24) is 33.6 Å². The van der Waals surface area contributed by atoms with Crippen molar-refractivity contribution in [1.29, 1.82) is 0 Å². The van der Waals surface area contributed by atoms with Gasteiger partial charge in [-0.3, -0.25) is 0 Å². The van der Waals surface area contributed by atoms with Gasteiger partial charge < -0.3 is 25.2 Å². The Kier molecular flexibility index (Phi) is 9.48. The van der Waals surface area contributed by atoms with E-state index >= 15 is 0 Å². The van der Waals surface area contributed by atoms with E-state index < -0.39 is 0 Å². The van der Waals surface area contributed by atoms with Crippen LogP contribution in [0.25, 0.3) is 33.1 Å². The van der Waals surface area contributed by atoms with Gasteiger partial charge in [0.25, 0.3) is 0 Å². The van der Waals surface area contributed by atoms with Crippen molar-refractivity contribution in [3.63, 3.8) is 0 Å². The number of rotatable bonds is 0. The Morgan fingerprint density at radius 1 is 0.614 bits per heavy atom. The predicted octanol–water partition coefficient (Wildman–Crippen LogP) is 8.02. The molecular weight excluding hydrogens is 553 g/mol. The van der Waals surface area contributed by atoms with Crippen molar-refractivity contribution in [3.05, 3.63) is 73.1 Å². The van der Waals surface area contributed by atoms with Crippen LogP contribution in [-0.2, 0) is 16.6 Å². The van der Waals surface area contributed by atoms with E-state index in [2.05, 4.69) is 82.9 Å². The number of hydrogen-bond acceptors (Lipinski definition) is 6. The van der Waals surface area contributed by atoms with E-state index in [1.807, 2.05) is 46.0 Å². The lowest BCUT2D eigenvalue weighted by atomic mass is 10.1. The number of anilines is 2. The molecule has 9 nitrogen and oxygen atoms in total. The monoisotopic (exact) mass is 601 g/mol. The summed E-state index contributed by atoms with van der Waals surface area (Å²) in [5.41, 5.74) is 16.3. The first-order chi connectivity index (χ1) is 19.9. The molecule has 0 saturated heterocycles. The molecule has 236 valence electrons. The number of nitrogens with zero attached hydrogens (tertiary/aromatic N) is 7. The van der Waals surface area contributed by atoms with Crippen molar-refractivity contribution < 1.29 is 4.39 Å². The summed E-state index contributed by atoms with van der Waals surface area (Å²) in [5.74, 6) is -0.314. The summed E-state index contributed by atoms with van der Waals surface area (Å²) in [4.78, 5) is 17.0. The maximum atomic E-state index is 13.7. The summed E-state index contributed by atoms with van der Waals surface area (Å²) < 4.78 is 19.8. The van der Waals surface area contributed by atoms with Gasteiger partial charge in [-0.15, -0.1) is 0 Å². The number of fused-ring (bicyclic) bond motifs is 3. The molecule has 6 heterocycles. The molecule has 6 aromatic heterocycles. The second kappa shape index (κ2) is 12.3. The molecule has 0 saturated carbocycles. The highest BCUT2D eigenvalue weighted by Gasteiger charge is 2.21. The Labute approximate surface area is 260 Å². The van der Waals surface area contributed by atoms with Crippen LogP contribution in [0, 0.1) is 12.7 Å². The fourth-order valence-corrected chi connectivity index (χ4v) is 4.86. The van der Waals surface area contributed by atoms with Gasteiger partial charge in [0, 0.05) is 69.7 Å². The van der Waals surface area contributed by atoms with Gasteiger partial charge in [0.1, 0.15) is 23.3 Å². The topological polar surface area (TPSA) is 118 Å². The molecule has 0 aromatic carbocycles. The Hall–Kier alpha value is -4.47. The molecule has 10 heteroatoms. The van der Waals surface area contributed by atoms with E-state index in [1.54, 1.807) is 29.4 Å². The second-order valence-corrected chi connectivity index (χ2v) is 13.7. The molecule has 4 N–H and O–H groups in total. The van der Waals surface area contributed by atoms with Gasteiger partial charge in [-0.05, 0) is 93.5 Å². The first-order valence-electron chi connectivity index (χ1n) is 14.3. The van der Waals surface area contributed by atoms with Crippen molar-refractivity contribution in [2.45, 2.75) is 93.3 Å². The van der Waals surface area contributed by atoms with Gasteiger partial charge in [-0.2, -0.15) is 0 Å². The third-order valence-corrected chi connectivity index (χ3v) is 7.14. The smallest absolute Gasteiger partial charge is 0.152 e.